The van der Waals surface area contributed by atoms with Gasteiger partial charge < -0.3 is 4.57 Å². The second-order valence-corrected chi connectivity index (χ2v) is 7.65. The number of amides is 1. The topological polar surface area (TPSA) is 72.7 Å². The predicted molar refractivity (Wildman–Crippen MR) is 137 cm³/mol. The summed E-state index contributed by atoms with van der Waals surface area (Å²) in [6, 6.07) is 5.67. The van der Waals surface area contributed by atoms with E-state index >= 15 is 0 Å². The zero-order valence-corrected chi connectivity index (χ0v) is 17.7. The first-order valence-electron chi connectivity index (χ1n) is 9.66. The van der Waals surface area contributed by atoms with Gasteiger partial charge in [-0.25, -0.2) is 15.0 Å². The number of hydrogen-bond acceptors (Lipinski definition) is 4. The number of anilines is 1. The monoisotopic (exact) mass is 413 g/mol. The van der Waals surface area contributed by atoms with E-state index in [1.807, 2.05) is 29.8 Å². The number of aryl methyl sites for hydroxylation is 1. The van der Waals surface area contributed by atoms with Crippen LogP contribution in [-0.4, -0.2) is 80.4 Å². The Morgan fingerprint density at radius 3 is 2.24 bits per heavy atom. The number of imidazole rings is 1. The number of nitrogens with zero attached hydrogens (tertiary/aromatic N) is 4. The summed E-state index contributed by atoms with van der Waals surface area (Å²) in [5, 5.41) is 1.44. The van der Waals surface area contributed by atoms with Gasteiger partial charge in [-0.1, -0.05) is 28.6 Å². The van der Waals surface area contributed by atoms with E-state index in [1.165, 1.54) is 0 Å². The van der Waals surface area contributed by atoms with Crippen LogP contribution in [0.2, 0.25) is 0 Å². The smallest absolute Gasteiger partial charge is 0.256 e. The van der Waals surface area contributed by atoms with Gasteiger partial charge >= 0.3 is 0 Å². The van der Waals surface area contributed by atoms with Crippen molar-refractivity contribution in [1.29, 1.82) is 0 Å². The van der Waals surface area contributed by atoms with Crippen molar-refractivity contribution in [1.82, 2.24) is 19.5 Å². The summed E-state index contributed by atoms with van der Waals surface area (Å²) in [6.07, 6.45) is 5.02. The molecule has 1 amide bonds. The Morgan fingerprint density at radius 2 is 1.67 bits per heavy atom. The summed E-state index contributed by atoms with van der Waals surface area (Å²) in [5.41, 5.74) is 1.58. The van der Waals surface area contributed by atoms with Crippen LogP contribution < -0.4 is 27.2 Å². The highest BCUT2D eigenvalue weighted by atomic mass is 16.1. The molecule has 0 spiro atoms. The molecule has 0 atom stereocenters. The van der Waals surface area contributed by atoms with Crippen LogP contribution in [0.15, 0.2) is 36.9 Å². The zero-order valence-electron chi connectivity index (χ0n) is 17.7. The largest absolute Gasteiger partial charge is 0.334 e. The van der Waals surface area contributed by atoms with Gasteiger partial charge in [0.05, 0.1) is 47.3 Å². The number of nitrogens with one attached hydrogen (secondary N) is 1. The van der Waals surface area contributed by atoms with E-state index in [-0.39, 0.29) is 38.9 Å². The van der Waals surface area contributed by atoms with Gasteiger partial charge in [0, 0.05) is 29.8 Å². The van der Waals surface area contributed by atoms with Gasteiger partial charge in [0.2, 0.25) is 5.95 Å². The van der Waals surface area contributed by atoms with Gasteiger partial charge in [-0.15, -0.1) is 16.0 Å². The molecule has 0 saturated heterocycles. The third-order valence-electron chi connectivity index (χ3n) is 5.24. The highest BCUT2D eigenvalue weighted by molar-refractivity contribution is 6.66. The lowest BCUT2D eigenvalue weighted by molar-refractivity contribution is 0.102. The molecule has 2 aromatic heterocycles. The van der Waals surface area contributed by atoms with Gasteiger partial charge in [-0.3, -0.25) is 10.1 Å². The van der Waals surface area contributed by atoms with Crippen LogP contribution in [0.25, 0.3) is 22.2 Å². The Kier molecular flexibility index (Phi) is 5.85. The van der Waals surface area contributed by atoms with Crippen LogP contribution >= 0.6 is 0 Å². The Labute approximate surface area is 200 Å². The number of fused-ring (bicyclic) bond motifs is 1. The van der Waals surface area contributed by atoms with Crippen LogP contribution in [0, 0.1) is 0 Å². The minimum atomic E-state index is -1.90. The van der Waals surface area contributed by atoms with E-state index in [9.17, 15) is 4.79 Å². The number of aromatic nitrogens is 4. The molecule has 14 radical (unpaired) electrons. The van der Waals surface area contributed by atoms with Gasteiger partial charge in [0.15, 0.2) is 0 Å². The lowest BCUT2D eigenvalue weighted by Gasteiger charge is -2.31. The number of benzene rings is 2. The number of hydrogen-bond donors (Lipinski definition) is 1. The van der Waals surface area contributed by atoms with E-state index in [0.717, 1.165) is 16.6 Å². The van der Waals surface area contributed by atoms with Crippen molar-refractivity contribution in [2.45, 2.75) is 5.11 Å². The lowest BCUT2D eigenvalue weighted by atomic mass is 9.37. The maximum atomic E-state index is 13.0. The quantitative estimate of drug-likeness (QED) is 0.365. The normalized spacial score (nSPS) is 11.5. The molecule has 4 rings (SSSR count). The number of carbonyl (C=O) groups excluding carboxylic acids is 1. The highest BCUT2D eigenvalue weighted by Crippen LogP contribution is 2.23. The fourth-order valence-electron chi connectivity index (χ4n) is 3.58. The molecule has 0 aliphatic heterocycles. The second-order valence-electron chi connectivity index (χ2n) is 7.65. The van der Waals surface area contributed by atoms with E-state index < -0.39 is 11.0 Å². The summed E-state index contributed by atoms with van der Waals surface area (Å²) in [5.74, 6) is -0.686. The minimum absolute atomic E-state index is 0.0282. The molecule has 0 bridgehead atoms. The molecule has 1 N–H and O–H groups in total. The number of carbonyl (C=O) groups is 1. The van der Waals surface area contributed by atoms with Crippen molar-refractivity contribution >= 4 is 99.5 Å². The van der Waals surface area contributed by atoms with Crippen LogP contribution in [0.3, 0.4) is 0 Å². The van der Waals surface area contributed by atoms with Crippen molar-refractivity contribution in [2.24, 2.45) is 7.05 Å². The van der Waals surface area contributed by atoms with E-state index in [4.69, 9.17) is 54.9 Å². The maximum absolute atomic E-state index is 13.0. The molecule has 0 saturated carbocycles. The third-order valence-corrected chi connectivity index (χ3v) is 5.24. The van der Waals surface area contributed by atoms with Crippen molar-refractivity contribution < 1.29 is 4.79 Å². The van der Waals surface area contributed by atoms with E-state index in [1.54, 1.807) is 18.7 Å². The second kappa shape index (κ2) is 8.36. The third kappa shape index (κ3) is 4.17. The summed E-state index contributed by atoms with van der Waals surface area (Å²) < 4.78 is 1.88. The fourth-order valence-corrected chi connectivity index (χ4v) is 3.58. The minimum Gasteiger partial charge on any atom is -0.334 e. The van der Waals surface area contributed by atoms with Crippen molar-refractivity contribution in [3.63, 3.8) is 0 Å². The SMILES string of the molecule is [B]c1c([B])c(C([B])([B])[B])c([B])c([B])c1C(=O)Nc1ncc2ccc(-c3cncn3C)cc2n1. The molecule has 0 aliphatic carbocycles. The van der Waals surface area contributed by atoms with Crippen molar-refractivity contribution in [3.05, 3.63) is 48.0 Å². The van der Waals surface area contributed by atoms with Gasteiger partial charge in [-0.2, -0.15) is 0 Å². The molecular formula is C20H10B7N5O. The summed E-state index contributed by atoms with van der Waals surface area (Å²) >= 11 is 0. The average molecular weight is 412 g/mol. The first-order chi connectivity index (χ1) is 15.5. The molecule has 2 heterocycles. The van der Waals surface area contributed by atoms with Crippen LogP contribution in [-0.2, 0) is 12.2 Å². The number of rotatable bonds is 4. The summed E-state index contributed by atoms with van der Waals surface area (Å²) in [6.45, 7) is 0. The van der Waals surface area contributed by atoms with E-state index in [0.29, 0.717) is 5.52 Å². The Balaban J connectivity index is 1.72. The van der Waals surface area contributed by atoms with Crippen LogP contribution in [0.1, 0.15) is 15.9 Å². The Bertz CT molecular complexity index is 1390. The molecule has 0 fully saturated rings. The average Bonchev–Trinajstić information content (AvgIpc) is 3.17. The Hall–Kier alpha value is -3.09. The van der Waals surface area contributed by atoms with E-state index in [2.05, 4.69) is 20.3 Å². The first-order valence-corrected chi connectivity index (χ1v) is 9.66. The lowest BCUT2D eigenvalue weighted by Crippen LogP contribution is -2.54. The zero-order chi connectivity index (χ0) is 24.1. The van der Waals surface area contributed by atoms with Crippen LogP contribution in [0.4, 0.5) is 5.95 Å². The first kappa shape index (κ1) is 23.1. The molecule has 33 heavy (non-hydrogen) atoms. The van der Waals surface area contributed by atoms with Crippen molar-refractivity contribution in [3.8, 4) is 11.3 Å². The maximum Gasteiger partial charge on any atom is 0.256 e. The standard InChI is InChI=1S/C20H10B7N5O/c1-32-7-28-6-11(32)8-2-3-9-5-29-19(30-10(9)4-8)31-18(33)12-14(21)16(23)13(20(25,26)27)17(24)15(12)22/h2-7H,1H3,(H,29,30,31,33). The summed E-state index contributed by atoms with van der Waals surface area (Å²) in [4.78, 5) is 25.7. The molecule has 13 heteroatoms. The molecule has 2 aromatic carbocycles. The van der Waals surface area contributed by atoms with Crippen LogP contribution in [0.5, 0.6) is 0 Å². The molecule has 0 unspecified atom stereocenters. The molecule has 0 aliphatic rings. The van der Waals surface area contributed by atoms with Gasteiger partial charge in [0.25, 0.3) is 5.91 Å². The fraction of sp³-hybridized carbons (Fsp3) is 0.100. The Morgan fingerprint density at radius 1 is 1.00 bits per heavy atom. The van der Waals surface area contributed by atoms with Gasteiger partial charge in [0.1, 0.15) is 31.4 Å². The molecular weight excluding hydrogens is 402 g/mol. The molecule has 4 aromatic rings. The molecule has 6 nitrogen and oxygen atoms in total. The highest BCUT2D eigenvalue weighted by Gasteiger charge is 2.24. The van der Waals surface area contributed by atoms with Crippen molar-refractivity contribution in [2.75, 3.05) is 5.32 Å². The molecule has 142 valence electrons. The summed E-state index contributed by atoms with van der Waals surface area (Å²) in [7, 11) is 43.1. The van der Waals surface area contributed by atoms with Gasteiger partial charge in [-0.05, 0) is 6.07 Å². The predicted octanol–water partition coefficient (Wildman–Crippen LogP) is -2.93.